The molecular formula is C16H17N3O4. The summed E-state index contributed by atoms with van der Waals surface area (Å²) in [6.45, 7) is -0.0728. The number of carbonyl (C=O) groups is 1. The zero-order valence-electron chi connectivity index (χ0n) is 12.3. The predicted molar refractivity (Wildman–Crippen MR) is 86.1 cm³/mol. The molecule has 0 aromatic heterocycles. The van der Waals surface area contributed by atoms with Gasteiger partial charge in [0.05, 0.1) is 11.0 Å². The molecule has 3 N–H and O–H groups in total. The summed E-state index contributed by atoms with van der Waals surface area (Å²) in [6.07, 6.45) is 0.367. The summed E-state index contributed by atoms with van der Waals surface area (Å²) in [7, 11) is 0. The molecule has 7 heteroatoms. The van der Waals surface area contributed by atoms with Gasteiger partial charge in [-0.2, -0.15) is 0 Å². The van der Waals surface area contributed by atoms with Crippen LogP contribution < -0.4 is 10.6 Å². The fourth-order valence-electron chi connectivity index (χ4n) is 2.16. The summed E-state index contributed by atoms with van der Waals surface area (Å²) >= 11 is 0. The van der Waals surface area contributed by atoms with Crippen molar-refractivity contribution in [3.63, 3.8) is 0 Å². The first-order chi connectivity index (χ1) is 11.1. The van der Waals surface area contributed by atoms with E-state index >= 15 is 0 Å². The second kappa shape index (κ2) is 7.90. The SMILES string of the molecule is O=C(Nc1cccc([N+](=O)[O-])c1)N[C@H](CCO)c1ccccc1. The Labute approximate surface area is 133 Å². The summed E-state index contributed by atoms with van der Waals surface area (Å²) < 4.78 is 0. The number of nitrogens with zero attached hydrogens (tertiary/aromatic N) is 1. The molecule has 0 aliphatic rings. The van der Waals surface area contributed by atoms with Crippen molar-refractivity contribution < 1.29 is 14.8 Å². The van der Waals surface area contributed by atoms with Crippen LogP contribution in [0.2, 0.25) is 0 Å². The quantitative estimate of drug-likeness (QED) is 0.563. The summed E-state index contributed by atoms with van der Waals surface area (Å²) in [5.74, 6) is 0. The summed E-state index contributed by atoms with van der Waals surface area (Å²) in [5, 5.41) is 25.2. The lowest BCUT2D eigenvalue weighted by Gasteiger charge is -2.18. The number of hydrogen-bond acceptors (Lipinski definition) is 4. The number of urea groups is 1. The fourth-order valence-corrected chi connectivity index (χ4v) is 2.16. The summed E-state index contributed by atoms with van der Waals surface area (Å²) in [5.41, 5.74) is 1.10. The van der Waals surface area contributed by atoms with Gasteiger partial charge in [-0.3, -0.25) is 10.1 Å². The Morgan fingerprint density at radius 1 is 1.17 bits per heavy atom. The van der Waals surface area contributed by atoms with Crippen LogP contribution in [0.3, 0.4) is 0 Å². The van der Waals surface area contributed by atoms with Crippen LogP contribution in [0.25, 0.3) is 0 Å². The zero-order valence-corrected chi connectivity index (χ0v) is 12.3. The number of rotatable bonds is 6. The van der Waals surface area contributed by atoms with E-state index in [-0.39, 0.29) is 18.3 Å². The van der Waals surface area contributed by atoms with E-state index in [1.165, 1.54) is 18.2 Å². The number of anilines is 1. The minimum absolute atomic E-state index is 0.0728. The number of carbonyl (C=O) groups excluding carboxylic acids is 1. The van der Waals surface area contributed by atoms with Gasteiger partial charge in [0.1, 0.15) is 0 Å². The van der Waals surface area contributed by atoms with Crippen LogP contribution in [0.1, 0.15) is 18.0 Å². The maximum Gasteiger partial charge on any atom is 0.319 e. The van der Waals surface area contributed by atoms with Crippen molar-refractivity contribution in [2.45, 2.75) is 12.5 Å². The van der Waals surface area contributed by atoms with Crippen LogP contribution in [0, 0.1) is 10.1 Å². The molecule has 0 bridgehead atoms. The third kappa shape index (κ3) is 4.79. The fraction of sp³-hybridized carbons (Fsp3) is 0.188. The third-order valence-corrected chi connectivity index (χ3v) is 3.24. The molecule has 0 radical (unpaired) electrons. The normalized spacial score (nSPS) is 11.5. The molecule has 0 aliphatic carbocycles. The van der Waals surface area contributed by atoms with Gasteiger partial charge in [-0.25, -0.2) is 4.79 Å². The van der Waals surface area contributed by atoms with Crippen molar-refractivity contribution in [3.8, 4) is 0 Å². The molecule has 0 spiro atoms. The van der Waals surface area contributed by atoms with Gasteiger partial charge in [0.2, 0.25) is 0 Å². The molecule has 0 unspecified atom stereocenters. The second-order valence-corrected chi connectivity index (χ2v) is 4.88. The number of nitrogens with one attached hydrogen (secondary N) is 2. The highest BCUT2D eigenvalue weighted by molar-refractivity contribution is 5.89. The van der Waals surface area contributed by atoms with Crippen molar-refractivity contribution in [1.29, 1.82) is 0 Å². The number of hydrogen-bond donors (Lipinski definition) is 3. The van der Waals surface area contributed by atoms with Gasteiger partial charge in [0.25, 0.3) is 5.69 Å². The standard InChI is InChI=1S/C16H17N3O4/c20-10-9-15(12-5-2-1-3-6-12)18-16(21)17-13-7-4-8-14(11-13)19(22)23/h1-8,11,15,20H,9-10H2,(H2,17,18,21)/t15-/m1/s1. The highest BCUT2D eigenvalue weighted by atomic mass is 16.6. The Balaban J connectivity index is 2.05. The minimum atomic E-state index is -0.526. The Hall–Kier alpha value is -2.93. The lowest BCUT2D eigenvalue weighted by atomic mass is 10.0. The average Bonchev–Trinajstić information content (AvgIpc) is 2.55. The lowest BCUT2D eigenvalue weighted by molar-refractivity contribution is -0.384. The Morgan fingerprint density at radius 3 is 2.57 bits per heavy atom. The number of non-ortho nitro benzene ring substituents is 1. The van der Waals surface area contributed by atoms with Crippen LogP contribution in [0.5, 0.6) is 0 Å². The Kier molecular flexibility index (Phi) is 5.65. The first kappa shape index (κ1) is 16.4. The maximum atomic E-state index is 12.1. The van der Waals surface area contributed by atoms with E-state index in [4.69, 9.17) is 5.11 Å². The molecule has 2 amide bonds. The van der Waals surface area contributed by atoms with E-state index in [0.717, 1.165) is 5.56 Å². The topological polar surface area (TPSA) is 104 Å². The summed E-state index contributed by atoms with van der Waals surface area (Å²) in [6, 6.07) is 14.1. The highest BCUT2D eigenvalue weighted by Gasteiger charge is 2.14. The zero-order chi connectivity index (χ0) is 16.7. The van der Waals surface area contributed by atoms with Crippen LogP contribution in [0.4, 0.5) is 16.2 Å². The van der Waals surface area contributed by atoms with Crippen molar-refractivity contribution >= 4 is 17.4 Å². The average molecular weight is 315 g/mol. The number of nitro groups is 1. The Morgan fingerprint density at radius 2 is 1.91 bits per heavy atom. The van der Waals surface area contributed by atoms with Crippen molar-refractivity contribution in [2.24, 2.45) is 0 Å². The van der Waals surface area contributed by atoms with Gasteiger partial charge in [-0.15, -0.1) is 0 Å². The monoisotopic (exact) mass is 315 g/mol. The molecule has 0 fully saturated rings. The van der Waals surface area contributed by atoms with Gasteiger partial charge in [0, 0.05) is 24.4 Å². The summed E-state index contributed by atoms with van der Waals surface area (Å²) in [4.78, 5) is 22.3. The molecule has 23 heavy (non-hydrogen) atoms. The molecule has 0 heterocycles. The number of amides is 2. The molecule has 2 aromatic carbocycles. The van der Waals surface area contributed by atoms with E-state index in [2.05, 4.69) is 10.6 Å². The van der Waals surface area contributed by atoms with Gasteiger partial charge >= 0.3 is 6.03 Å². The van der Waals surface area contributed by atoms with Crippen LogP contribution in [0.15, 0.2) is 54.6 Å². The van der Waals surface area contributed by atoms with Gasteiger partial charge < -0.3 is 15.7 Å². The van der Waals surface area contributed by atoms with E-state index in [0.29, 0.717) is 12.1 Å². The smallest absolute Gasteiger partial charge is 0.319 e. The molecule has 2 aromatic rings. The predicted octanol–water partition coefficient (Wildman–Crippen LogP) is 2.84. The first-order valence-corrected chi connectivity index (χ1v) is 7.08. The third-order valence-electron chi connectivity index (χ3n) is 3.24. The van der Waals surface area contributed by atoms with E-state index < -0.39 is 11.0 Å². The second-order valence-electron chi connectivity index (χ2n) is 4.88. The van der Waals surface area contributed by atoms with Crippen molar-refractivity contribution in [1.82, 2.24) is 5.32 Å². The molecule has 7 nitrogen and oxygen atoms in total. The molecule has 0 aliphatic heterocycles. The number of aliphatic hydroxyl groups is 1. The minimum Gasteiger partial charge on any atom is -0.396 e. The first-order valence-electron chi connectivity index (χ1n) is 7.08. The van der Waals surface area contributed by atoms with Crippen molar-refractivity contribution in [2.75, 3.05) is 11.9 Å². The molecule has 0 saturated carbocycles. The van der Waals surface area contributed by atoms with E-state index in [9.17, 15) is 14.9 Å². The number of benzene rings is 2. The highest BCUT2D eigenvalue weighted by Crippen LogP contribution is 2.19. The molecular weight excluding hydrogens is 298 g/mol. The van der Waals surface area contributed by atoms with Crippen molar-refractivity contribution in [3.05, 3.63) is 70.3 Å². The maximum absolute atomic E-state index is 12.1. The Bertz CT molecular complexity index is 676. The molecule has 2 rings (SSSR count). The number of aliphatic hydroxyl groups excluding tert-OH is 1. The largest absolute Gasteiger partial charge is 0.396 e. The van der Waals surface area contributed by atoms with Crippen LogP contribution in [-0.2, 0) is 0 Å². The van der Waals surface area contributed by atoms with E-state index in [1.807, 2.05) is 30.3 Å². The van der Waals surface area contributed by atoms with E-state index in [1.54, 1.807) is 6.07 Å². The number of nitro benzene ring substituents is 1. The van der Waals surface area contributed by atoms with Gasteiger partial charge in [-0.05, 0) is 18.1 Å². The molecule has 0 saturated heterocycles. The van der Waals surface area contributed by atoms with Gasteiger partial charge in [-0.1, -0.05) is 36.4 Å². The van der Waals surface area contributed by atoms with Crippen LogP contribution >= 0.6 is 0 Å². The molecule has 1 atom stereocenters. The lowest BCUT2D eigenvalue weighted by Crippen LogP contribution is -2.33. The molecule has 120 valence electrons. The van der Waals surface area contributed by atoms with Gasteiger partial charge in [0.15, 0.2) is 0 Å². The van der Waals surface area contributed by atoms with Crippen LogP contribution in [-0.4, -0.2) is 22.7 Å².